The Morgan fingerprint density at radius 1 is 1.08 bits per heavy atom. The van der Waals surface area contributed by atoms with Crippen LogP contribution >= 0.6 is 24.0 Å². The van der Waals surface area contributed by atoms with Crippen LogP contribution in [0.3, 0.4) is 0 Å². The maximum atomic E-state index is 13.0. The van der Waals surface area contributed by atoms with E-state index in [-0.39, 0.29) is 22.2 Å². The van der Waals surface area contributed by atoms with Gasteiger partial charge < -0.3 is 8.92 Å². The van der Waals surface area contributed by atoms with Gasteiger partial charge in [-0.15, -0.1) is 0 Å². The summed E-state index contributed by atoms with van der Waals surface area (Å²) in [5.74, 6) is 0.215. The molecule has 1 amide bonds. The number of carbonyl (C=O) groups is 1. The third-order valence-corrected chi connectivity index (χ3v) is 7.71. The molecule has 1 saturated heterocycles. The Labute approximate surface area is 216 Å². The molecular formula is C24H18N2O7S3. The van der Waals surface area contributed by atoms with Crippen molar-refractivity contribution in [1.29, 1.82) is 0 Å². The molecule has 4 rings (SSSR count). The fourth-order valence-electron chi connectivity index (χ4n) is 3.38. The van der Waals surface area contributed by atoms with E-state index in [2.05, 4.69) is 0 Å². The molecule has 1 heterocycles. The number of aryl methyl sites for hydroxylation is 1. The summed E-state index contributed by atoms with van der Waals surface area (Å²) >= 11 is 6.54. The molecule has 0 aromatic heterocycles. The number of para-hydroxylation sites is 2. The normalized spacial score (nSPS) is 14.8. The Morgan fingerprint density at radius 3 is 2.44 bits per heavy atom. The van der Waals surface area contributed by atoms with E-state index in [1.165, 1.54) is 43.2 Å². The second-order valence-electron chi connectivity index (χ2n) is 7.50. The van der Waals surface area contributed by atoms with Crippen LogP contribution in [0.5, 0.6) is 11.5 Å². The summed E-state index contributed by atoms with van der Waals surface area (Å²) in [5, 5.41) is 11.1. The first-order valence-electron chi connectivity index (χ1n) is 10.3. The van der Waals surface area contributed by atoms with E-state index in [1.54, 1.807) is 42.5 Å². The molecule has 3 aromatic rings. The molecule has 0 bridgehead atoms. The van der Waals surface area contributed by atoms with Crippen molar-refractivity contribution >= 4 is 61.8 Å². The number of thiocarbonyl (C=S) groups is 1. The van der Waals surface area contributed by atoms with E-state index < -0.39 is 15.0 Å². The lowest BCUT2D eigenvalue weighted by atomic mass is 10.2. The number of thioether (sulfide) groups is 1. The van der Waals surface area contributed by atoms with Crippen LogP contribution in [0.25, 0.3) is 6.08 Å². The monoisotopic (exact) mass is 542 g/mol. The number of methoxy groups -OCH3 is 1. The van der Waals surface area contributed by atoms with Crippen molar-refractivity contribution in [1.82, 2.24) is 0 Å². The quantitative estimate of drug-likeness (QED) is 0.132. The van der Waals surface area contributed by atoms with Gasteiger partial charge in [-0.1, -0.05) is 54.3 Å². The Bertz CT molecular complexity index is 1520. The van der Waals surface area contributed by atoms with Gasteiger partial charge in [0.05, 0.1) is 22.6 Å². The van der Waals surface area contributed by atoms with Gasteiger partial charge in [0, 0.05) is 11.6 Å². The summed E-state index contributed by atoms with van der Waals surface area (Å²) in [5.41, 5.74) is 1.17. The van der Waals surface area contributed by atoms with Crippen molar-refractivity contribution in [2.24, 2.45) is 0 Å². The second-order valence-corrected chi connectivity index (χ2v) is 10.7. The van der Waals surface area contributed by atoms with Gasteiger partial charge in [-0.3, -0.25) is 19.8 Å². The molecule has 0 spiro atoms. The molecule has 36 heavy (non-hydrogen) atoms. The van der Waals surface area contributed by atoms with E-state index in [4.69, 9.17) is 21.1 Å². The first kappa shape index (κ1) is 25.4. The smallest absolute Gasteiger partial charge is 0.339 e. The third kappa shape index (κ3) is 5.10. The van der Waals surface area contributed by atoms with Crippen LogP contribution in [0.1, 0.15) is 11.1 Å². The van der Waals surface area contributed by atoms with Gasteiger partial charge in [0.2, 0.25) is 0 Å². The average molecular weight is 543 g/mol. The summed E-state index contributed by atoms with van der Waals surface area (Å²) < 4.78 is 36.1. The molecule has 0 aliphatic carbocycles. The average Bonchev–Trinajstić information content (AvgIpc) is 3.12. The summed E-state index contributed by atoms with van der Waals surface area (Å²) in [6.07, 6.45) is 1.64. The first-order valence-corrected chi connectivity index (χ1v) is 12.9. The van der Waals surface area contributed by atoms with E-state index >= 15 is 0 Å². The predicted octanol–water partition coefficient (Wildman–Crippen LogP) is 5.09. The molecule has 0 unspecified atom stereocenters. The second kappa shape index (κ2) is 10.1. The highest BCUT2D eigenvalue weighted by Crippen LogP contribution is 2.39. The number of amides is 1. The topological polar surface area (TPSA) is 116 Å². The third-order valence-electron chi connectivity index (χ3n) is 5.17. The number of benzene rings is 3. The highest BCUT2D eigenvalue weighted by Gasteiger charge is 2.34. The summed E-state index contributed by atoms with van der Waals surface area (Å²) in [6, 6.07) is 16.6. The first-order chi connectivity index (χ1) is 17.1. The molecule has 1 aliphatic rings. The summed E-state index contributed by atoms with van der Waals surface area (Å²) in [6.45, 7) is 1.51. The van der Waals surface area contributed by atoms with E-state index in [1.807, 2.05) is 0 Å². The number of anilines is 1. The Kier molecular flexibility index (Phi) is 7.11. The number of hydrogen-bond acceptors (Lipinski definition) is 9. The standard InChI is InChI=1S/C24H18N2O7S3/c1-15-7-12-18(14-20(15)26(28)29)36(30,31)33-17-10-8-16(9-11-17)13-22-23(27)25(24(34)35-22)19-5-3-4-6-21(19)32-2/h3-14H,1-2H3/b22-13-. The van der Waals surface area contributed by atoms with Crippen molar-refractivity contribution in [2.45, 2.75) is 11.8 Å². The van der Waals surface area contributed by atoms with Crippen molar-refractivity contribution in [3.63, 3.8) is 0 Å². The highest BCUT2D eigenvalue weighted by molar-refractivity contribution is 8.27. The van der Waals surface area contributed by atoms with Gasteiger partial charge in [0.1, 0.15) is 16.4 Å². The molecule has 9 nitrogen and oxygen atoms in total. The minimum Gasteiger partial charge on any atom is -0.495 e. The van der Waals surface area contributed by atoms with Gasteiger partial charge in [-0.2, -0.15) is 8.42 Å². The van der Waals surface area contributed by atoms with Crippen LogP contribution in [0, 0.1) is 17.0 Å². The van der Waals surface area contributed by atoms with Gasteiger partial charge >= 0.3 is 10.1 Å². The zero-order valence-corrected chi connectivity index (χ0v) is 21.4. The minimum absolute atomic E-state index is 0.0111. The number of rotatable bonds is 7. The van der Waals surface area contributed by atoms with Crippen molar-refractivity contribution in [3.05, 3.63) is 92.9 Å². The highest BCUT2D eigenvalue weighted by atomic mass is 32.2. The molecule has 1 aliphatic heterocycles. The van der Waals surface area contributed by atoms with Crippen molar-refractivity contribution in [3.8, 4) is 11.5 Å². The molecule has 1 fully saturated rings. The van der Waals surface area contributed by atoms with Gasteiger partial charge in [-0.05, 0) is 48.9 Å². The van der Waals surface area contributed by atoms with E-state index in [0.29, 0.717) is 31.8 Å². The van der Waals surface area contributed by atoms with Crippen molar-refractivity contribution < 1.29 is 27.1 Å². The zero-order valence-electron chi connectivity index (χ0n) is 18.9. The van der Waals surface area contributed by atoms with Crippen molar-refractivity contribution in [2.75, 3.05) is 12.0 Å². The van der Waals surface area contributed by atoms with Gasteiger partial charge in [0.15, 0.2) is 4.32 Å². The zero-order chi connectivity index (χ0) is 26.0. The lowest BCUT2D eigenvalue weighted by Gasteiger charge is -2.17. The maximum absolute atomic E-state index is 13.0. The molecule has 0 radical (unpaired) electrons. The number of carbonyl (C=O) groups excluding carboxylic acids is 1. The lowest BCUT2D eigenvalue weighted by molar-refractivity contribution is -0.385. The number of nitrogens with zero attached hydrogens (tertiary/aromatic N) is 2. The van der Waals surface area contributed by atoms with E-state index in [9.17, 15) is 23.3 Å². The van der Waals surface area contributed by atoms with Gasteiger partial charge in [0.25, 0.3) is 11.6 Å². The number of ether oxygens (including phenoxy) is 1. The Balaban J connectivity index is 1.53. The Hall–Kier alpha value is -3.74. The molecule has 184 valence electrons. The summed E-state index contributed by atoms with van der Waals surface area (Å²) in [7, 11) is -2.79. The van der Waals surface area contributed by atoms with Crippen LogP contribution in [0.4, 0.5) is 11.4 Å². The molecule has 3 aromatic carbocycles. The largest absolute Gasteiger partial charge is 0.495 e. The minimum atomic E-state index is -4.30. The number of nitro groups is 1. The van der Waals surface area contributed by atoms with Crippen LogP contribution in [-0.2, 0) is 14.9 Å². The predicted molar refractivity (Wildman–Crippen MR) is 141 cm³/mol. The SMILES string of the molecule is COc1ccccc1N1C(=O)/C(=C/c2ccc(OS(=O)(=O)c3ccc(C)c([N+](=O)[O-])c3)cc2)SC1=S. The van der Waals surface area contributed by atoms with Crippen LogP contribution < -0.4 is 13.8 Å². The van der Waals surface area contributed by atoms with E-state index in [0.717, 1.165) is 17.8 Å². The van der Waals surface area contributed by atoms with Gasteiger partial charge in [-0.25, -0.2) is 0 Å². The molecular weight excluding hydrogens is 524 g/mol. The molecule has 0 saturated carbocycles. The number of hydrogen-bond donors (Lipinski definition) is 0. The molecule has 0 N–H and O–H groups in total. The molecule has 12 heteroatoms. The van der Waals surface area contributed by atoms with Crippen LogP contribution in [0.2, 0.25) is 0 Å². The lowest BCUT2D eigenvalue weighted by Crippen LogP contribution is -2.27. The summed E-state index contributed by atoms with van der Waals surface area (Å²) in [4.78, 5) is 25.0. The van der Waals surface area contributed by atoms with Crippen LogP contribution in [-0.4, -0.2) is 30.7 Å². The number of nitro benzene ring substituents is 1. The Morgan fingerprint density at radius 2 is 1.78 bits per heavy atom. The van der Waals surface area contributed by atoms with Crippen LogP contribution in [0.15, 0.2) is 76.5 Å². The maximum Gasteiger partial charge on any atom is 0.339 e. The fraction of sp³-hybridized carbons (Fsp3) is 0.0833. The molecule has 0 atom stereocenters. The fourth-order valence-corrected chi connectivity index (χ4v) is 5.61.